The molecule has 0 saturated heterocycles. The minimum atomic E-state index is -0.769. The fraction of sp³-hybridized carbons (Fsp3) is 0.0571. The molecular formula is C35H29O2P. The lowest BCUT2D eigenvalue weighted by molar-refractivity contribution is -0.129. The molecule has 5 rings (SSSR count). The van der Waals surface area contributed by atoms with Gasteiger partial charge >= 0.3 is 5.97 Å². The largest absolute Gasteiger partial charge is 0.423 e. The zero-order chi connectivity index (χ0) is 26.3. The van der Waals surface area contributed by atoms with Crippen LogP contribution in [0.2, 0.25) is 0 Å². The SMILES string of the molecule is C=CC(=O)Oc1cccc(C)c1Cc1ccccc1-c1ccccc1P(c1ccccc1)c1ccccc1. The summed E-state index contributed by atoms with van der Waals surface area (Å²) in [6, 6.07) is 44.7. The van der Waals surface area contributed by atoms with Gasteiger partial charge in [-0.3, -0.25) is 0 Å². The van der Waals surface area contributed by atoms with Gasteiger partial charge in [0.15, 0.2) is 0 Å². The van der Waals surface area contributed by atoms with Gasteiger partial charge in [-0.15, -0.1) is 0 Å². The van der Waals surface area contributed by atoms with Gasteiger partial charge in [0.25, 0.3) is 0 Å². The molecule has 0 amide bonds. The summed E-state index contributed by atoms with van der Waals surface area (Å²) in [7, 11) is -0.769. The van der Waals surface area contributed by atoms with E-state index in [2.05, 4.69) is 129 Å². The third kappa shape index (κ3) is 5.52. The highest BCUT2D eigenvalue weighted by molar-refractivity contribution is 7.80. The van der Waals surface area contributed by atoms with Gasteiger partial charge in [-0.25, -0.2) is 4.79 Å². The van der Waals surface area contributed by atoms with Gasteiger partial charge in [-0.1, -0.05) is 128 Å². The summed E-state index contributed by atoms with van der Waals surface area (Å²) < 4.78 is 5.62. The van der Waals surface area contributed by atoms with Crippen LogP contribution in [0.5, 0.6) is 5.75 Å². The Kier molecular flexibility index (Phi) is 7.92. The standard InChI is InChI=1S/C35H29O2P/c1-3-35(36)37-33-23-14-15-26(2)32(33)25-27-16-10-11-21-30(27)31-22-12-13-24-34(31)38(28-17-6-4-7-18-28)29-19-8-5-9-20-29/h3-24H,1,25H2,2H3. The highest BCUT2D eigenvalue weighted by atomic mass is 31.1. The zero-order valence-electron chi connectivity index (χ0n) is 21.4. The van der Waals surface area contributed by atoms with Gasteiger partial charge in [0.05, 0.1) is 0 Å². The maximum atomic E-state index is 12.0. The molecule has 0 heterocycles. The molecule has 0 aliphatic rings. The molecule has 0 saturated carbocycles. The van der Waals surface area contributed by atoms with Crippen LogP contribution in [0, 0.1) is 6.92 Å². The number of carbonyl (C=O) groups excluding carboxylic acids is 1. The molecule has 2 nitrogen and oxygen atoms in total. The van der Waals surface area contributed by atoms with Crippen molar-refractivity contribution in [1.82, 2.24) is 0 Å². The summed E-state index contributed by atoms with van der Waals surface area (Å²) >= 11 is 0. The van der Waals surface area contributed by atoms with Crippen molar-refractivity contribution in [2.45, 2.75) is 13.3 Å². The first-order valence-corrected chi connectivity index (χ1v) is 14.0. The number of rotatable bonds is 8. The van der Waals surface area contributed by atoms with E-state index in [1.54, 1.807) is 0 Å². The highest BCUT2D eigenvalue weighted by Crippen LogP contribution is 2.38. The molecule has 5 aromatic carbocycles. The van der Waals surface area contributed by atoms with Crippen molar-refractivity contribution in [3.63, 3.8) is 0 Å². The van der Waals surface area contributed by atoms with Crippen LogP contribution in [-0.2, 0) is 11.2 Å². The molecule has 0 atom stereocenters. The molecule has 0 aliphatic carbocycles. The minimum Gasteiger partial charge on any atom is -0.423 e. The first kappa shape index (κ1) is 25.4. The number of aryl methyl sites for hydroxylation is 1. The Hall–Kier alpha value is -4.26. The van der Waals surface area contributed by atoms with Crippen molar-refractivity contribution in [1.29, 1.82) is 0 Å². The topological polar surface area (TPSA) is 26.3 Å². The van der Waals surface area contributed by atoms with Crippen LogP contribution in [0.15, 0.2) is 140 Å². The Morgan fingerprint density at radius 1 is 0.711 bits per heavy atom. The second-order valence-electron chi connectivity index (χ2n) is 9.03. The molecule has 0 aromatic heterocycles. The van der Waals surface area contributed by atoms with Crippen molar-refractivity contribution in [3.8, 4) is 16.9 Å². The monoisotopic (exact) mass is 512 g/mol. The second kappa shape index (κ2) is 11.9. The Morgan fingerprint density at radius 3 is 1.95 bits per heavy atom. The summed E-state index contributed by atoms with van der Waals surface area (Å²) in [5.41, 5.74) is 5.67. The Balaban J connectivity index is 1.64. The fourth-order valence-corrected chi connectivity index (χ4v) is 7.22. The molecule has 5 aromatic rings. The Bertz CT molecular complexity index is 1520. The van der Waals surface area contributed by atoms with Crippen molar-refractivity contribution in [2.24, 2.45) is 0 Å². The predicted molar refractivity (Wildman–Crippen MR) is 160 cm³/mol. The number of benzene rings is 5. The number of esters is 1. The van der Waals surface area contributed by atoms with E-state index in [0.29, 0.717) is 12.2 Å². The van der Waals surface area contributed by atoms with Crippen molar-refractivity contribution in [3.05, 3.63) is 157 Å². The van der Waals surface area contributed by atoms with Crippen LogP contribution in [-0.4, -0.2) is 5.97 Å². The van der Waals surface area contributed by atoms with Gasteiger partial charge in [0.1, 0.15) is 5.75 Å². The molecule has 0 N–H and O–H groups in total. The molecule has 186 valence electrons. The second-order valence-corrected chi connectivity index (χ2v) is 11.2. The van der Waals surface area contributed by atoms with E-state index >= 15 is 0 Å². The summed E-state index contributed by atoms with van der Waals surface area (Å²) in [5, 5.41) is 3.95. The first-order chi connectivity index (χ1) is 18.7. The van der Waals surface area contributed by atoms with E-state index in [1.807, 2.05) is 12.1 Å². The average molecular weight is 513 g/mol. The fourth-order valence-electron chi connectivity index (χ4n) is 4.75. The Labute approximate surface area is 226 Å². The molecule has 3 heteroatoms. The maximum Gasteiger partial charge on any atom is 0.335 e. The van der Waals surface area contributed by atoms with Gasteiger partial charge in [-0.2, -0.15) is 0 Å². The Morgan fingerprint density at radius 2 is 1.29 bits per heavy atom. The van der Waals surface area contributed by atoms with E-state index in [0.717, 1.165) is 11.1 Å². The number of ether oxygens (including phenoxy) is 1. The zero-order valence-corrected chi connectivity index (χ0v) is 22.3. The molecule has 0 spiro atoms. The molecule has 0 fully saturated rings. The van der Waals surface area contributed by atoms with Gasteiger partial charge in [-0.05, 0) is 59.1 Å². The first-order valence-electron chi connectivity index (χ1n) is 12.7. The van der Waals surface area contributed by atoms with Crippen LogP contribution in [0.3, 0.4) is 0 Å². The lowest BCUT2D eigenvalue weighted by Gasteiger charge is -2.23. The molecule has 0 radical (unpaired) electrons. The van der Waals surface area contributed by atoms with Gasteiger partial charge in [0.2, 0.25) is 0 Å². The van der Waals surface area contributed by atoms with E-state index < -0.39 is 13.9 Å². The minimum absolute atomic E-state index is 0.452. The summed E-state index contributed by atoms with van der Waals surface area (Å²) in [4.78, 5) is 12.0. The quantitative estimate of drug-likeness (QED) is 0.0959. The highest BCUT2D eigenvalue weighted by Gasteiger charge is 2.21. The van der Waals surface area contributed by atoms with Crippen molar-refractivity contribution >= 4 is 29.8 Å². The van der Waals surface area contributed by atoms with E-state index in [-0.39, 0.29) is 0 Å². The normalized spacial score (nSPS) is 10.8. The van der Waals surface area contributed by atoms with Crippen LogP contribution < -0.4 is 20.7 Å². The van der Waals surface area contributed by atoms with Crippen LogP contribution in [0.4, 0.5) is 0 Å². The molecular weight excluding hydrogens is 483 g/mol. The number of carbonyl (C=O) groups is 1. The number of hydrogen-bond donors (Lipinski definition) is 0. The maximum absolute atomic E-state index is 12.0. The lowest BCUT2D eigenvalue weighted by atomic mass is 9.93. The number of hydrogen-bond acceptors (Lipinski definition) is 2. The van der Waals surface area contributed by atoms with E-state index in [9.17, 15) is 4.79 Å². The molecule has 0 aliphatic heterocycles. The van der Waals surface area contributed by atoms with Crippen LogP contribution >= 0.6 is 7.92 Å². The van der Waals surface area contributed by atoms with E-state index in [1.165, 1.54) is 38.7 Å². The lowest BCUT2D eigenvalue weighted by Crippen LogP contribution is -2.22. The van der Waals surface area contributed by atoms with Gasteiger partial charge in [0, 0.05) is 18.1 Å². The summed E-state index contributed by atoms with van der Waals surface area (Å²) in [5.74, 6) is 0.126. The summed E-state index contributed by atoms with van der Waals surface area (Å²) in [6.07, 6.45) is 1.84. The molecule has 0 unspecified atom stereocenters. The van der Waals surface area contributed by atoms with Gasteiger partial charge < -0.3 is 4.74 Å². The third-order valence-corrected chi connectivity index (χ3v) is 9.09. The molecule has 38 heavy (non-hydrogen) atoms. The van der Waals surface area contributed by atoms with Crippen LogP contribution in [0.1, 0.15) is 16.7 Å². The van der Waals surface area contributed by atoms with Crippen LogP contribution in [0.25, 0.3) is 11.1 Å². The predicted octanol–water partition coefficient (Wildman–Crippen LogP) is 7.10. The van der Waals surface area contributed by atoms with Crippen molar-refractivity contribution < 1.29 is 9.53 Å². The average Bonchev–Trinajstić information content (AvgIpc) is 2.97. The molecule has 0 bridgehead atoms. The third-order valence-electron chi connectivity index (χ3n) is 6.59. The van der Waals surface area contributed by atoms with E-state index in [4.69, 9.17) is 4.74 Å². The smallest absolute Gasteiger partial charge is 0.335 e. The van der Waals surface area contributed by atoms with Crippen molar-refractivity contribution in [2.75, 3.05) is 0 Å². The summed E-state index contributed by atoms with van der Waals surface area (Å²) in [6.45, 7) is 5.61.